The lowest BCUT2D eigenvalue weighted by atomic mass is 9.62. The largest absolute Gasteiger partial charge is 0.393 e. The van der Waals surface area contributed by atoms with Crippen LogP contribution in [0.15, 0.2) is 35.5 Å². The second-order valence-electron chi connectivity index (χ2n) is 8.31. The monoisotopic (exact) mass is 346 g/mol. The minimum atomic E-state index is -0.446. The Balaban J connectivity index is 1.87. The second-order valence-corrected chi connectivity index (χ2v) is 8.31. The molecule has 3 fully saturated rings. The van der Waals surface area contributed by atoms with Gasteiger partial charge in [0.25, 0.3) is 0 Å². The van der Waals surface area contributed by atoms with Gasteiger partial charge in [-0.1, -0.05) is 36.8 Å². The number of fused-ring (bicyclic) bond motifs is 1. The maximum absolute atomic E-state index is 12.2. The molecule has 5 atom stereocenters. The Hall–Kier alpha value is -1.23. The van der Waals surface area contributed by atoms with Crippen LogP contribution in [-0.4, -0.2) is 39.9 Å². The molecule has 3 saturated carbocycles. The van der Waals surface area contributed by atoms with E-state index in [0.717, 1.165) is 36.8 Å². The lowest BCUT2D eigenvalue weighted by molar-refractivity contribution is -0.130. The molecule has 3 rings (SSSR count). The average molecular weight is 346 g/mol. The van der Waals surface area contributed by atoms with Gasteiger partial charge in [-0.25, -0.2) is 0 Å². The molecule has 0 amide bonds. The van der Waals surface area contributed by atoms with Gasteiger partial charge in [0.05, 0.1) is 12.2 Å². The number of carbonyl (C=O) groups is 1. The van der Waals surface area contributed by atoms with Crippen molar-refractivity contribution in [2.45, 2.75) is 64.1 Å². The smallest absolute Gasteiger partial charge is 0.161 e. The normalized spacial score (nSPS) is 42.0. The van der Waals surface area contributed by atoms with Crippen LogP contribution in [0.1, 0.15) is 51.9 Å². The molecule has 3 aliphatic rings. The zero-order valence-electron chi connectivity index (χ0n) is 15.1. The molecular weight excluding hydrogens is 316 g/mol. The number of hydrogen-bond acceptors (Lipinski definition) is 4. The van der Waals surface area contributed by atoms with Crippen LogP contribution >= 0.6 is 0 Å². The number of hydrogen-bond donors (Lipinski definition) is 3. The minimum Gasteiger partial charge on any atom is -0.393 e. The molecule has 4 nitrogen and oxygen atoms in total. The molecular formula is C21H30O4. The zero-order chi connectivity index (χ0) is 18.2. The number of aliphatic hydroxyl groups excluding tert-OH is 3. The first kappa shape index (κ1) is 18.6. The van der Waals surface area contributed by atoms with E-state index < -0.39 is 12.7 Å². The molecule has 0 bridgehead atoms. The number of rotatable bonds is 3. The fourth-order valence-electron chi connectivity index (χ4n) is 5.34. The summed E-state index contributed by atoms with van der Waals surface area (Å²) in [6.45, 7) is 5.78. The summed E-state index contributed by atoms with van der Waals surface area (Å²) in [5.74, 6) is 0.00980. The van der Waals surface area contributed by atoms with Crippen molar-refractivity contribution in [3.05, 3.63) is 35.5 Å². The molecule has 25 heavy (non-hydrogen) atoms. The first-order chi connectivity index (χ1) is 11.8. The lowest BCUT2D eigenvalue weighted by Gasteiger charge is -2.43. The minimum absolute atomic E-state index is 0.0967. The Morgan fingerprint density at radius 1 is 1.20 bits per heavy atom. The fourth-order valence-corrected chi connectivity index (χ4v) is 5.34. The molecule has 0 spiro atoms. The molecule has 0 aromatic rings. The predicted octanol–water partition coefficient (Wildman–Crippen LogP) is 2.69. The number of ketones is 1. The average Bonchev–Trinajstić information content (AvgIpc) is 2.91. The number of carbonyl (C=O) groups excluding carboxylic acids is 1. The summed E-state index contributed by atoms with van der Waals surface area (Å²) in [6, 6.07) is 0. The van der Waals surface area contributed by atoms with Crippen molar-refractivity contribution in [1.29, 1.82) is 0 Å². The highest BCUT2D eigenvalue weighted by Crippen LogP contribution is 2.57. The van der Waals surface area contributed by atoms with Crippen molar-refractivity contribution >= 4 is 5.78 Å². The van der Waals surface area contributed by atoms with Gasteiger partial charge in [-0.15, -0.1) is 0 Å². The molecule has 3 aliphatic carbocycles. The van der Waals surface area contributed by atoms with Gasteiger partial charge < -0.3 is 15.3 Å². The van der Waals surface area contributed by atoms with Crippen molar-refractivity contribution < 1.29 is 20.1 Å². The Kier molecular flexibility index (Phi) is 5.33. The van der Waals surface area contributed by atoms with E-state index in [4.69, 9.17) is 0 Å². The van der Waals surface area contributed by atoms with E-state index >= 15 is 0 Å². The predicted molar refractivity (Wildman–Crippen MR) is 96.8 cm³/mol. The summed E-state index contributed by atoms with van der Waals surface area (Å²) in [5.41, 5.74) is 3.09. The molecule has 0 heterocycles. The van der Waals surface area contributed by atoms with E-state index in [2.05, 4.69) is 25.7 Å². The van der Waals surface area contributed by atoms with Gasteiger partial charge in [-0.2, -0.15) is 0 Å². The van der Waals surface area contributed by atoms with Gasteiger partial charge in [0.1, 0.15) is 6.61 Å². The Bertz CT molecular complexity index is 617. The van der Waals surface area contributed by atoms with Crippen molar-refractivity contribution in [3.8, 4) is 0 Å². The molecule has 0 unspecified atom stereocenters. The van der Waals surface area contributed by atoms with E-state index in [-0.39, 0.29) is 29.1 Å². The molecule has 3 N–H and O–H groups in total. The van der Waals surface area contributed by atoms with Crippen LogP contribution in [0.25, 0.3) is 0 Å². The molecule has 0 radical (unpaired) electrons. The topological polar surface area (TPSA) is 77.8 Å². The highest BCUT2D eigenvalue weighted by atomic mass is 16.3. The summed E-state index contributed by atoms with van der Waals surface area (Å²) in [5, 5.41) is 29.6. The van der Waals surface area contributed by atoms with Crippen LogP contribution in [0.5, 0.6) is 0 Å². The summed E-state index contributed by atoms with van der Waals surface area (Å²) in [4.78, 5) is 12.2. The number of Topliss-reactive ketones (excluding diaryl/α,β-unsaturated/α-hetero) is 1. The molecule has 0 aromatic heterocycles. The van der Waals surface area contributed by atoms with Crippen molar-refractivity contribution in [2.24, 2.45) is 17.3 Å². The van der Waals surface area contributed by atoms with Crippen molar-refractivity contribution in [1.82, 2.24) is 0 Å². The van der Waals surface area contributed by atoms with Crippen LogP contribution in [0.4, 0.5) is 0 Å². The van der Waals surface area contributed by atoms with Gasteiger partial charge in [0.15, 0.2) is 5.78 Å². The first-order valence-corrected chi connectivity index (χ1v) is 9.42. The van der Waals surface area contributed by atoms with Crippen LogP contribution in [-0.2, 0) is 4.79 Å². The van der Waals surface area contributed by atoms with E-state index in [1.807, 2.05) is 0 Å². The molecule has 4 heteroatoms. The third-order valence-corrected chi connectivity index (χ3v) is 6.66. The second kappa shape index (κ2) is 7.18. The Morgan fingerprint density at radius 2 is 1.96 bits per heavy atom. The summed E-state index contributed by atoms with van der Waals surface area (Å²) < 4.78 is 0. The van der Waals surface area contributed by atoms with Crippen LogP contribution in [0, 0.1) is 17.3 Å². The quantitative estimate of drug-likeness (QED) is 0.734. The van der Waals surface area contributed by atoms with E-state index in [9.17, 15) is 20.1 Å². The highest BCUT2D eigenvalue weighted by Gasteiger charge is 2.53. The fraction of sp³-hybridized carbons (Fsp3) is 0.667. The Morgan fingerprint density at radius 3 is 2.68 bits per heavy atom. The zero-order valence-corrected chi connectivity index (χ0v) is 15.1. The van der Waals surface area contributed by atoms with Gasteiger partial charge >= 0.3 is 0 Å². The number of aliphatic hydroxyl groups is 3. The Labute approximate surface area is 149 Å². The maximum Gasteiger partial charge on any atom is 0.161 e. The third kappa shape index (κ3) is 3.53. The molecule has 0 saturated heterocycles. The van der Waals surface area contributed by atoms with Gasteiger partial charge in [0.2, 0.25) is 0 Å². The van der Waals surface area contributed by atoms with E-state index in [1.54, 1.807) is 0 Å². The SMILES string of the molecule is C=C1CC[C@@H](O)CC1=CC=C1C[C@H](O)C[C@]2(C)[C@@H](C(=O)CO)CC[C@@H]12. The van der Waals surface area contributed by atoms with Crippen LogP contribution < -0.4 is 0 Å². The summed E-state index contributed by atoms with van der Waals surface area (Å²) in [6.07, 6.45) is 8.61. The third-order valence-electron chi connectivity index (χ3n) is 6.66. The van der Waals surface area contributed by atoms with Crippen molar-refractivity contribution in [2.75, 3.05) is 6.61 Å². The molecule has 0 aliphatic heterocycles. The standard InChI is InChI=1S/C21H30O4/c1-13-3-6-16(23)9-14(13)4-5-15-10-17(24)11-21(2)18(15)7-8-19(21)20(25)12-22/h4-5,16-19,22-24H,1,3,6-12H2,2H3/t16-,17+,18+,19-,21+/m1/s1. The highest BCUT2D eigenvalue weighted by molar-refractivity contribution is 5.83. The lowest BCUT2D eigenvalue weighted by Crippen LogP contribution is -2.42. The first-order valence-electron chi connectivity index (χ1n) is 9.42. The van der Waals surface area contributed by atoms with Crippen molar-refractivity contribution in [3.63, 3.8) is 0 Å². The van der Waals surface area contributed by atoms with Gasteiger partial charge in [-0.3, -0.25) is 4.79 Å². The number of allylic oxidation sites excluding steroid dienone is 3. The van der Waals surface area contributed by atoms with E-state index in [1.165, 1.54) is 5.57 Å². The molecule has 0 aromatic carbocycles. The van der Waals surface area contributed by atoms with Gasteiger partial charge in [0, 0.05) is 5.92 Å². The van der Waals surface area contributed by atoms with Gasteiger partial charge in [-0.05, 0) is 61.9 Å². The maximum atomic E-state index is 12.2. The summed E-state index contributed by atoms with van der Waals surface area (Å²) >= 11 is 0. The van der Waals surface area contributed by atoms with E-state index in [0.29, 0.717) is 19.3 Å². The summed E-state index contributed by atoms with van der Waals surface area (Å²) in [7, 11) is 0. The van der Waals surface area contributed by atoms with Crippen LogP contribution in [0.3, 0.4) is 0 Å². The van der Waals surface area contributed by atoms with Crippen LogP contribution in [0.2, 0.25) is 0 Å². The molecule has 138 valence electrons.